The summed E-state index contributed by atoms with van der Waals surface area (Å²) in [5.41, 5.74) is 3.14. The van der Waals surface area contributed by atoms with Crippen molar-refractivity contribution < 1.29 is 47.0 Å². The van der Waals surface area contributed by atoms with E-state index in [4.69, 9.17) is 28.9 Å². The van der Waals surface area contributed by atoms with Crippen LogP contribution in [0.1, 0.15) is 53.7 Å². The second kappa shape index (κ2) is 14.3. The van der Waals surface area contributed by atoms with E-state index in [0.717, 1.165) is 49.3 Å². The summed E-state index contributed by atoms with van der Waals surface area (Å²) in [5.74, 6) is -0.807. The number of rotatable bonds is 11. The van der Waals surface area contributed by atoms with Crippen LogP contribution in [0.15, 0.2) is 34.9 Å². The number of nitrogens with zero attached hydrogens (tertiary/aromatic N) is 3. The number of aryl methyl sites for hydroxylation is 3. The Labute approximate surface area is 233 Å². The summed E-state index contributed by atoms with van der Waals surface area (Å²) in [4.78, 5) is 29.6. The van der Waals surface area contributed by atoms with Gasteiger partial charge in [-0.3, -0.25) is 4.79 Å². The quantitative estimate of drug-likeness (QED) is 0.294. The third-order valence-electron chi connectivity index (χ3n) is 6.26. The van der Waals surface area contributed by atoms with Crippen LogP contribution in [0.25, 0.3) is 0 Å². The van der Waals surface area contributed by atoms with Crippen LogP contribution in [-0.4, -0.2) is 64.2 Å². The number of ether oxygens (including phenoxy) is 2. The average molecular weight is 581 g/mol. The van der Waals surface area contributed by atoms with Crippen molar-refractivity contribution in [1.82, 2.24) is 15.1 Å². The SMILES string of the molecule is COc1ccc(C(CC(=O)O)Cc2nc(CCCc3ccc4c(n3)NCCC4)no2)cc1OC.O=C(O)C(F)(F)F. The van der Waals surface area contributed by atoms with Gasteiger partial charge in [0.15, 0.2) is 17.3 Å². The van der Waals surface area contributed by atoms with Gasteiger partial charge in [-0.1, -0.05) is 17.3 Å². The molecule has 0 spiro atoms. The van der Waals surface area contributed by atoms with Crippen molar-refractivity contribution in [3.63, 3.8) is 0 Å². The number of fused-ring (bicyclic) bond motifs is 1. The van der Waals surface area contributed by atoms with Crippen molar-refractivity contribution in [2.75, 3.05) is 26.1 Å². The zero-order valence-corrected chi connectivity index (χ0v) is 22.5. The number of aromatic nitrogens is 3. The number of carboxylic acid groups (broad SMARTS) is 2. The minimum Gasteiger partial charge on any atom is -0.493 e. The van der Waals surface area contributed by atoms with Crippen LogP contribution < -0.4 is 14.8 Å². The molecule has 0 amide bonds. The predicted octanol–water partition coefficient (Wildman–Crippen LogP) is 4.45. The van der Waals surface area contributed by atoms with Crippen LogP contribution in [0, 0.1) is 0 Å². The lowest BCUT2D eigenvalue weighted by molar-refractivity contribution is -0.192. The predicted molar refractivity (Wildman–Crippen MR) is 139 cm³/mol. The number of hydrogen-bond donors (Lipinski definition) is 3. The Hall–Kier alpha value is -4.36. The van der Waals surface area contributed by atoms with Crippen molar-refractivity contribution in [3.8, 4) is 11.5 Å². The molecule has 0 bridgehead atoms. The second-order valence-corrected chi connectivity index (χ2v) is 9.21. The zero-order valence-electron chi connectivity index (χ0n) is 22.5. The van der Waals surface area contributed by atoms with Gasteiger partial charge in [0.2, 0.25) is 5.89 Å². The molecule has 2 aromatic heterocycles. The fraction of sp³-hybridized carbons (Fsp3) is 0.444. The highest BCUT2D eigenvalue weighted by Gasteiger charge is 2.38. The minimum absolute atomic E-state index is 0.0643. The molecule has 1 atom stereocenters. The van der Waals surface area contributed by atoms with Gasteiger partial charge < -0.3 is 29.5 Å². The smallest absolute Gasteiger partial charge is 0.490 e. The van der Waals surface area contributed by atoms with Gasteiger partial charge in [0.25, 0.3) is 0 Å². The Bertz CT molecular complexity index is 1330. The molecule has 1 unspecified atom stereocenters. The van der Waals surface area contributed by atoms with Gasteiger partial charge in [-0.2, -0.15) is 18.2 Å². The first kappa shape index (κ1) is 31.2. The number of methoxy groups -OCH3 is 2. The lowest BCUT2D eigenvalue weighted by Gasteiger charge is -2.17. The van der Waals surface area contributed by atoms with Gasteiger partial charge in [-0.05, 0) is 55.0 Å². The first-order valence-corrected chi connectivity index (χ1v) is 12.8. The van der Waals surface area contributed by atoms with Crippen molar-refractivity contribution in [1.29, 1.82) is 0 Å². The van der Waals surface area contributed by atoms with E-state index >= 15 is 0 Å². The van der Waals surface area contributed by atoms with Crippen LogP contribution in [-0.2, 0) is 35.3 Å². The summed E-state index contributed by atoms with van der Waals surface area (Å²) in [6.45, 7) is 0.973. The van der Waals surface area contributed by atoms with E-state index in [9.17, 15) is 23.1 Å². The minimum atomic E-state index is -5.08. The maximum atomic E-state index is 11.5. The molecule has 3 heterocycles. The van der Waals surface area contributed by atoms with E-state index < -0.39 is 18.1 Å². The Balaban J connectivity index is 0.000000587. The number of anilines is 1. The normalized spacial score (nSPS) is 13.2. The number of halogens is 3. The van der Waals surface area contributed by atoms with E-state index in [1.54, 1.807) is 26.4 Å². The molecular weight excluding hydrogens is 549 g/mol. The molecule has 0 fully saturated rings. The first-order valence-electron chi connectivity index (χ1n) is 12.8. The van der Waals surface area contributed by atoms with Crippen LogP contribution in [0.2, 0.25) is 0 Å². The summed E-state index contributed by atoms with van der Waals surface area (Å²) in [7, 11) is 3.11. The molecule has 11 nitrogen and oxygen atoms in total. The molecule has 4 rings (SSSR count). The maximum absolute atomic E-state index is 11.5. The number of carboxylic acids is 2. The highest BCUT2D eigenvalue weighted by molar-refractivity contribution is 5.73. The van der Waals surface area contributed by atoms with Crippen molar-refractivity contribution >= 4 is 17.8 Å². The van der Waals surface area contributed by atoms with Crippen LogP contribution >= 0.6 is 0 Å². The molecule has 222 valence electrons. The summed E-state index contributed by atoms with van der Waals surface area (Å²) in [5, 5.41) is 24.0. The molecule has 0 radical (unpaired) electrons. The lowest BCUT2D eigenvalue weighted by Crippen LogP contribution is -2.21. The third kappa shape index (κ3) is 9.36. The highest BCUT2D eigenvalue weighted by atomic mass is 19.4. The molecule has 41 heavy (non-hydrogen) atoms. The Morgan fingerprint density at radius 2 is 1.80 bits per heavy atom. The fourth-order valence-corrected chi connectivity index (χ4v) is 4.25. The number of benzene rings is 1. The van der Waals surface area contributed by atoms with Crippen LogP contribution in [0.5, 0.6) is 11.5 Å². The molecule has 3 N–H and O–H groups in total. The maximum Gasteiger partial charge on any atom is 0.490 e. The number of pyridine rings is 1. The summed E-state index contributed by atoms with van der Waals surface area (Å²) >= 11 is 0. The topological polar surface area (TPSA) is 157 Å². The van der Waals surface area contributed by atoms with Crippen LogP contribution in [0.4, 0.5) is 19.0 Å². The monoisotopic (exact) mass is 580 g/mol. The Morgan fingerprint density at radius 1 is 1.07 bits per heavy atom. The van der Waals surface area contributed by atoms with E-state index in [2.05, 4.69) is 27.6 Å². The Morgan fingerprint density at radius 3 is 2.46 bits per heavy atom. The fourth-order valence-electron chi connectivity index (χ4n) is 4.25. The van der Waals surface area contributed by atoms with Gasteiger partial charge in [0, 0.05) is 31.0 Å². The Kier molecular flexibility index (Phi) is 10.9. The second-order valence-electron chi connectivity index (χ2n) is 9.21. The van der Waals surface area contributed by atoms with Gasteiger partial charge in [0.05, 0.1) is 20.6 Å². The van der Waals surface area contributed by atoms with Crippen molar-refractivity contribution in [2.45, 2.75) is 57.0 Å². The number of aliphatic carboxylic acids is 2. The van der Waals surface area contributed by atoms with E-state index in [-0.39, 0.29) is 12.3 Å². The van der Waals surface area contributed by atoms with Crippen LogP contribution in [0.3, 0.4) is 0 Å². The molecule has 1 aliphatic rings. The number of nitrogens with one attached hydrogen (secondary N) is 1. The van der Waals surface area contributed by atoms with E-state index in [1.165, 1.54) is 5.56 Å². The average Bonchev–Trinajstić information content (AvgIpc) is 3.38. The van der Waals surface area contributed by atoms with Gasteiger partial charge in [-0.15, -0.1) is 0 Å². The summed E-state index contributed by atoms with van der Waals surface area (Å²) in [6.07, 6.45) is -0.264. The van der Waals surface area contributed by atoms with Gasteiger partial charge in [-0.25, -0.2) is 9.78 Å². The zero-order chi connectivity index (χ0) is 30.0. The molecule has 0 saturated carbocycles. The van der Waals surface area contributed by atoms with Gasteiger partial charge >= 0.3 is 18.1 Å². The summed E-state index contributed by atoms with van der Waals surface area (Å²) in [6, 6.07) is 9.66. The molecule has 14 heteroatoms. The molecular formula is C27H31F3N4O7. The van der Waals surface area contributed by atoms with Crippen molar-refractivity contribution in [3.05, 3.63) is 58.9 Å². The molecule has 1 aromatic carbocycles. The number of hydrogen-bond acceptors (Lipinski definition) is 9. The van der Waals surface area contributed by atoms with E-state index in [0.29, 0.717) is 36.1 Å². The van der Waals surface area contributed by atoms with Gasteiger partial charge in [0.1, 0.15) is 5.82 Å². The molecule has 0 aliphatic carbocycles. The number of alkyl halides is 3. The lowest BCUT2D eigenvalue weighted by atomic mass is 9.92. The van der Waals surface area contributed by atoms with E-state index in [1.807, 2.05) is 6.07 Å². The molecule has 0 saturated heterocycles. The largest absolute Gasteiger partial charge is 0.493 e. The third-order valence-corrected chi connectivity index (χ3v) is 6.26. The summed E-state index contributed by atoms with van der Waals surface area (Å²) < 4.78 is 47.8. The standard InChI is InChI=1S/C25H30N4O5.C2HF3O2/c1-32-20-11-9-17(13-21(20)33-2)18(15-24(30)31)14-23-28-22(29-34-23)7-3-6-19-10-8-16-5-4-12-26-25(16)27-19;3-2(4,5)1(6)7/h8-11,13,18H,3-7,12,14-15H2,1-2H3,(H,26,27)(H,30,31);(H,6,7). The molecule has 1 aliphatic heterocycles. The first-order chi connectivity index (χ1) is 19.5. The van der Waals surface area contributed by atoms with Crippen molar-refractivity contribution in [2.24, 2.45) is 0 Å². The molecule has 3 aromatic rings. The number of carbonyl (C=O) groups is 2. The highest BCUT2D eigenvalue weighted by Crippen LogP contribution is 2.33.